The highest BCUT2D eigenvalue weighted by atomic mass is 16.6. The lowest BCUT2D eigenvalue weighted by atomic mass is 10.0. The monoisotopic (exact) mass is 370 g/mol. The maximum Gasteiger partial charge on any atom is 0.323 e. The van der Waals surface area contributed by atoms with Crippen LogP contribution in [0.5, 0.6) is 0 Å². The van der Waals surface area contributed by atoms with Gasteiger partial charge in [-0.25, -0.2) is 0 Å². The van der Waals surface area contributed by atoms with E-state index in [-0.39, 0.29) is 18.4 Å². The molecule has 0 aliphatic carbocycles. The van der Waals surface area contributed by atoms with Crippen LogP contribution in [0.25, 0.3) is 0 Å². The summed E-state index contributed by atoms with van der Waals surface area (Å²) in [4.78, 5) is 27.1. The molecule has 1 saturated heterocycles. The van der Waals surface area contributed by atoms with Crippen LogP contribution in [-0.2, 0) is 14.3 Å². The quantitative estimate of drug-likeness (QED) is 0.550. The highest BCUT2D eigenvalue weighted by Gasteiger charge is 2.34. The van der Waals surface area contributed by atoms with Crippen molar-refractivity contribution in [3.8, 4) is 0 Å². The van der Waals surface area contributed by atoms with Crippen LogP contribution in [0.1, 0.15) is 60.3 Å². The maximum absolute atomic E-state index is 13.0. The number of amides is 1. The normalized spacial score (nSPS) is 23.1. The van der Waals surface area contributed by atoms with Gasteiger partial charge in [-0.05, 0) is 39.5 Å². The van der Waals surface area contributed by atoms with Gasteiger partial charge < -0.3 is 26.4 Å². The van der Waals surface area contributed by atoms with E-state index in [4.69, 9.17) is 16.2 Å². The minimum absolute atomic E-state index is 0.00635. The average molecular weight is 371 g/mol. The van der Waals surface area contributed by atoms with Crippen molar-refractivity contribution in [1.29, 1.82) is 0 Å². The van der Waals surface area contributed by atoms with E-state index in [9.17, 15) is 9.59 Å². The molecule has 0 aromatic carbocycles. The summed E-state index contributed by atoms with van der Waals surface area (Å²) in [6.45, 7) is 11.6. The Bertz CT molecular complexity index is 460. The summed E-state index contributed by atoms with van der Waals surface area (Å²) in [7, 11) is 0. The van der Waals surface area contributed by atoms with Gasteiger partial charge in [-0.15, -0.1) is 0 Å². The molecular weight excluding hydrogens is 332 g/mol. The fourth-order valence-corrected chi connectivity index (χ4v) is 3.20. The van der Waals surface area contributed by atoms with Crippen molar-refractivity contribution in [2.24, 2.45) is 17.4 Å². The molecule has 0 saturated carbocycles. The Kier molecular flexibility index (Phi) is 9.00. The first-order valence-corrected chi connectivity index (χ1v) is 9.84. The van der Waals surface area contributed by atoms with E-state index >= 15 is 0 Å². The fraction of sp³-hybridized carbons (Fsp3) is 0.895. The summed E-state index contributed by atoms with van der Waals surface area (Å²) >= 11 is 0. The Labute approximate surface area is 158 Å². The molecule has 1 aliphatic heterocycles. The SMILES string of the molecule is CCC(CC)CN1CC[C@@H](CN)N[C@@H](CC(N)C(=O)OC(C)(C)C)C1=O. The number of nitrogens with zero attached hydrogens (tertiary/aromatic N) is 1. The molecular formula is C19H38N4O3. The summed E-state index contributed by atoms with van der Waals surface area (Å²) in [6.07, 6.45) is 3.09. The Morgan fingerprint density at radius 3 is 2.46 bits per heavy atom. The van der Waals surface area contributed by atoms with Crippen molar-refractivity contribution in [1.82, 2.24) is 10.2 Å². The van der Waals surface area contributed by atoms with Gasteiger partial charge in [0.25, 0.3) is 0 Å². The van der Waals surface area contributed by atoms with Crippen molar-refractivity contribution in [2.45, 2.75) is 84.0 Å². The van der Waals surface area contributed by atoms with E-state index in [0.29, 0.717) is 19.0 Å². The second-order valence-corrected chi connectivity index (χ2v) is 8.28. The van der Waals surface area contributed by atoms with E-state index in [2.05, 4.69) is 19.2 Å². The predicted octanol–water partition coefficient (Wildman–Crippen LogP) is 1.000. The molecule has 1 unspecified atom stereocenters. The van der Waals surface area contributed by atoms with Gasteiger partial charge >= 0.3 is 5.97 Å². The van der Waals surface area contributed by atoms with Gasteiger partial charge in [-0.2, -0.15) is 0 Å². The first kappa shape index (κ1) is 22.9. The number of carbonyl (C=O) groups excluding carboxylic acids is 2. The molecule has 7 heteroatoms. The molecule has 3 atom stereocenters. The lowest BCUT2D eigenvalue weighted by Gasteiger charge is -2.29. The van der Waals surface area contributed by atoms with Crippen LogP contribution in [0, 0.1) is 5.92 Å². The van der Waals surface area contributed by atoms with Crippen molar-refractivity contribution in [2.75, 3.05) is 19.6 Å². The lowest BCUT2D eigenvalue weighted by molar-refractivity contribution is -0.156. The molecule has 1 heterocycles. The van der Waals surface area contributed by atoms with Crippen LogP contribution >= 0.6 is 0 Å². The summed E-state index contributed by atoms with van der Waals surface area (Å²) in [5.74, 6) is 0.00704. The third-order valence-electron chi connectivity index (χ3n) is 4.91. The Balaban J connectivity index is 2.83. The fourth-order valence-electron chi connectivity index (χ4n) is 3.20. The van der Waals surface area contributed by atoms with E-state index in [1.807, 2.05) is 4.90 Å². The van der Waals surface area contributed by atoms with Crippen molar-refractivity contribution >= 4 is 11.9 Å². The van der Waals surface area contributed by atoms with Gasteiger partial charge in [0.05, 0.1) is 6.04 Å². The molecule has 0 spiro atoms. The molecule has 0 aromatic heterocycles. The highest BCUT2D eigenvalue weighted by Crippen LogP contribution is 2.17. The molecule has 1 fully saturated rings. The molecule has 152 valence electrons. The number of nitrogens with two attached hydrogens (primary N) is 2. The van der Waals surface area contributed by atoms with Crippen LogP contribution in [0.4, 0.5) is 0 Å². The van der Waals surface area contributed by atoms with Crippen LogP contribution < -0.4 is 16.8 Å². The zero-order valence-electron chi connectivity index (χ0n) is 17.1. The molecule has 0 bridgehead atoms. The minimum Gasteiger partial charge on any atom is -0.459 e. The van der Waals surface area contributed by atoms with Crippen LogP contribution in [0.15, 0.2) is 0 Å². The van der Waals surface area contributed by atoms with Gasteiger partial charge in [-0.1, -0.05) is 26.7 Å². The Morgan fingerprint density at radius 2 is 1.96 bits per heavy atom. The zero-order chi connectivity index (χ0) is 19.9. The first-order chi connectivity index (χ1) is 12.1. The summed E-state index contributed by atoms with van der Waals surface area (Å²) in [6, 6.07) is -1.31. The van der Waals surface area contributed by atoms with Gasteiger partial charge in [0.2, 0.25) is 5.91 Å². The average Bonchev–Trinajstić information content (AvgIpc) is 2.71. The first-order valence-electron chi connectivity index (χ1n) is 9.84. The van der Waals surface area contributed by atoms with Crippen LogP contribution in [0.2, 0.25) is 0 Å². The topological polar surface area (TPSA) is 111 Å². The van der Waals surface area contributed by atoms with E-state index in [1.54, 1.807) is 20.8 Å². The number of hydrogen-bond acceptors (Lipinski definition) is 6. The molecule has 0 radical (unpaired) electrons. The van der Waals surface area contributed by atoms with Crippen LogP contribution in [-0.4, -0.2) is 60.1 Å². The number of carbonyl (C=O) groups is 2. The highest BCUT2D eigenvalue weighted by molar-refractivity contribution is 5.84. The minimum atomic E-state index is -0.845. The van der Waals surface area contributed by atoms with Crippen molar-refractivity contribution in [3.05, 3.63) is 0 Å². The third-order valence-corrected chi connectivity index (χ3v) is 4.91. The second-order valence-electron chi connectivity index (χ2n) is 8.28. The Morgan fingerprint density at radius 1 is 1.35 bits per heavy atom. The number of esters is 1. The maximum atomic E-state index is 13.0. The molecule has 1 rings (SSSR count). The van der Waals surface area contributed by atoms with Gasteiger partial charge in [0.15, 0.2) is 0 Å². The van der Waals surface area contributed by atoms with E-state index < -0.39 is 23.7 Å². The summed E-state index contributed by atoms with van der Waals surface area (Å²) in [5.41, 5.74) is 11.3. The molecule has 1 amide bonds. The smallest absolute Gasteiger partial charge is 0.323 e. The number of nitrogens with one attached hydrogen (secondary N) is 1. The molecule has 5 N–H and O–H groups in total. The number of ether oxygens (including phenoxy) is 1. The standard InChI is InChI=1S/C19H38N4O3/c1-6-13(7-2)12-23-9-8-14(11-20)22-16(17(23)24)10-15(21)18(25)26-19(3,4)5/h13-16,22H,6-12,20-21H2,1-5H3/t14-,15?,16-/m0/s1. The Hall–Kier alpha value is -1.18. The summed E-state index contributed by atoms with van der Waals surface area (Å²) in [5, 5.41) is 3.30. The number of hydrogen-bond donors (Lipinski definition) is 3. The largest absolute Gasteiger partial charge is 0.459 e. The van der Waals surface area contributed by atoms with Crippen molar-refractivity contribution in [3.63, 3.8) is 0 Å². The van der Waals surface area contributed by atoms with E-state index in [1.165, 1.54) is 0 Å². The van der Waals surface area contributed by atoms with Gasteiger partial charge in [0.1, 0.15) is 11.6 Å². The molecule has 26 heavy (non-hydrogen) atoms. The van der Waals surface area contributed by atoms with Gasteiger partial charge in [-0.3, -0.25) is 9.59 Å². The predicted molar refractivity (Wildman–Crippen MR) is 103 cm³/mol. The summed E-state index contributed by atoms with van der Waals surface area (Å²) < 4.78 is 5.35. The molecule has 0 aromatic rings. The van der Waals surface area contributed by atoms with Gasteiger partial charge in [0, 0.05) is 25.7 Å². The lowest BCUT2D eigenvalue weighted by Crippen LogP contribution is -2.52. The molecule has 1 aliphatic rings. The zero-order valence-corrected chi connectivity index (χ0v) is 17.1. The third kappa shape index (κ3) is 7.21. The van der Waals surface area contributed by atoms with Crippen LogP contribution in [0.3, 0.4) is 0 Å². The molecule has 7 nitrogen and oxygen atoms in total. The second kappa shape index (κ2) is 10.2. The number of rotatable bonds is 8. The van der Waals surface area contributed by atoms with Crippen molar-refractivity contribution < 1.29 is 14.3 Å². The van der Waals surface area contributed by atoms with E-state index in [0.717, 1.165) is 25.8 Å².